The molecular weight excluding hydrogens is 1040 g/mol. The third-order valence-corrected chi connectivity index (χ3v) is 15.4. The smallest absolute Gasteiger partial charge is 0.462 e. The van der Waals surface area contributed by atoms with Crippen LogP contribution in [0.4, 0.5) is 0 Å². The fourth-order valence-electron chi connectivity index (χ4n) is 8.65. The zero-order chi connectivity index (χ0) is 58.0. The van der Waals surface area contributed by atoms with Gasteiger partial charge in [-0.3, -0.25) is 37.3 Å². The Morgan fingerprint density at radius 1 is 0.346 bits per heavy atom. The second-order valence-electron chi connectivity index (χ2n) is 22.3. The van der Waals surface area contributed by atoms with Crippen LogP contribution >= 0.6 is 15.6 Å². The molecule has 0 aromatic carbocycles. The molecule has 0 saturated heterocycles. The Balaban J connectivity index is 5.19. The number of unbranched alkanes of at least 4 members (excludes halogenated alkanes) is 28. The van der Waals surface area contributed by atoms with E-state index in [0.29, 0.717) is 25.7 Å². The van der Waals surface area contributed by atoms with Crippen molar-refractivity contribution in [1.82, 2.24) is 0 Å². The van der Waals surface area contributed by atoms with E-state index in [0.717, 1.165) is 108 Å². The van der Waals surface area contributed by atoms with Crippen LogP contribution < -0.4 is 0 Å². The van der Waals surface area contributed by atoms with Gasteiger partial charge in [0.05, 0.1) is 26.4 Å². The number of carbonyl (C=O) groups is 4. The molecule has 0 aliphatic rings. The summed E-state index contributed by atoms with van der Waals surface area (Å²) in [5, 5.41) is 10.5. The summed E-state index contributed by atoms with van der Waals surface area (Å²) in [7, 11) is -9.87. The van der Waals surface area contributed by atoms with Crippen molar-refractivity contribution in [1.29, 1.82) is 0 Å². The first kappa shape index (κ1) is 76.1. The SMILES string of the molecule is CCCCCCCCCCCC(=O)O[C@H](COC(=O)CCCCCCC)COP(=O)(O)OC[C@H](O)COP(=O)(O)OC[C@@H](COC(=O)CCCCCCCCCCC(C)C)OC(=O)CCCCCCCCCCCCC(C)C. The molecule has 0 spiro atoms. The number of hydrogen-bond acceptors (Lipinski definition) is 15. The minimum absolute atomic E-state index is 0.104. The summed E-state index contributed by atoms with van der Waals surface area (Å²) in [5.74, 6) is -0.675. The number of rotatable bonds is 58. The van der Waals surface area contributed by atoms with Crippen molar-refractivity contribution in [3.8, 4) is 0 Å². The second kappa shape index (κ2) is 51.9. The molecule has 0 aromatic rings. The highest BCUT2D eigenvalue weighted by atomic mass is 31.2. The molecule has 0 radical (unpaired) electrons. The Hall–Kier alpha value is -1.94. The molecule has 0 aliphatic carbocycles. The van der Waals surface area contributed by atoms with Gasteiger partial charge in [-0.2, -0.15) is 0 Å². The summed E-state index contributed by atoms with van der Waals surface area (Å²) >= 11 is 0. The number of ether oxygens (including phenoxy) is 4. The molecule has 5 atom stereocenters. The highest BCUT2D eigenvalue weighted by Gasteiger charge is 2.30. The fourth-order valence-corrected chi connectivity index (χ4v) is 10.2. The first-order valence-electron chi connectivity index (χ1n) is 31.0. The van der Waals surface area contributed by atoms with Crippen molar-refractivity contribution >= 4 is 39.5 Å². The lowest BCUT2D eigenvalue weighted by Gasteiger charge is -2.21. The summed E-state index contributed by atoms with van der Waals surface area (Å²) in [5.41, 5.74) is 0. The van der Waals surface area contributed by atoms with Gasteiger partial charge >= 0.3 is 39.5 Å². The predicted octanol–water partition coefficient (Wildman–Crippen LogP) is 15.7. The minimum Gasteiger partial charge on any atom is -0.462 e. The van der Waals surface area contributed by atoms with E-state index in [4.69, 9.17) is 37.0 Å². The first-order valence-corrected chi connectivity index (χ1v) is 34.0. The van der Waals surface area contributed by atoms with Gasteiger partial charge in [-0.15, -0.1) is 0 Å². The molecule has 17 nitrogen and oxygen atoms in total. The van der Waals surface area contributed by atoms with E-state index in [9.17, 15) is 43.2 Å². The number of esters is 4. The van der Waals surface area contributed by atoms with Crippen molar-refractivity contribution in [3.05, 3.63) is 0 Å². The number of carbonyl (C=O) groups excluding carboxylic acids is 4. The number of phosphoric acid groups is 2. The summed E-state index contributed by atoms with van der Waals surface area (Å²) < 4.78 is 67.6. The molecule has 19 heteroatoms. The Morgan fingerprint density at radius 2 is 0.590 bits per heavy atom. The van der Waals surface area contributed by atoms with E-state index in [2.05, 4.69) is 41.5 Å². The molecular formula is C59H114O17P2. The predicted molar refractivity (Wildman–Crippen MR) is 308 cm³/mol. The van der Waals surface area contributed by atoms with Crippen molar-refractivity contribution in [3.63, 3.8) is 0 Å². The maximum Gasteiger partial charge on any atom is 0.472 e. The van der Waals surface area contributed by atoms with Crippen molar-refractivity contribution < 1.29 is 80.2 Å². The Bertz CT molecular complexity index is 1550. The number of phosphoric ester groups is 2. The van der Waals surface area contributed by atoms with E-state index in [-0.39, 0.29) is 25.7 Å². The van der Waals surface area contributed by atoms with Crippen LogP contribution in [-0.4, -0.2) is 96.7 Å². The molecule has 0 fully saturated rings. The van der Waals surface area contributed by atoms with Crippen LogP contribution in [0, 0.1) is 11.8 Å². The number of aliphatic hydroxyl groups excluding tert-OH is 1. The normalized spacial score (nSPS) is 14.4. The topological polar surface area (TPSA) is 237 Å². The summed E-state index contributed by atoms with van der Waals surface area (Å²) in [4.78, 5) is 71.7. The largest absolute Gasteiger partial charge is 0.472 e. The van der Waals surface area contributed by atoms with Gasteiger partial charge in [0.25, 0.3) is 0 Å². The van der Waals surface area contributed by atoms with Crippen molar-refractivity contribution in [2.24, 2.45) is 11.8 Å². The maximum absolute atomic E-state index is 12.9. The van der Waals surface area contributed by atoms with Gasteiger partial charge in [0.2, 0.25) is 0 Å². The number of hydrogen-bond donors (Lipinski definition) is 3. The molecule has 3 N–H and O–H groups in total. The van der Waals surface area contributed by atoms with Crippen LogP contribution in [-0.2, 0) is 65.4 Å². The molecule has 78 heavy (non-hydrogen) atoms. The van der Waals surface area contributed by atoms with Gasteiger partial charge in [0, 0.05) is 25.7 Å². The van der Waals surface area contributed by atoms with Crippen LogP contribution in [0.25, 0.3) is 0 Å². The second-order valence-corrected chi connectivity index (χ2v) is 25.2. The fraction of sp³-hybridized carbons (Fsp3) is 0.932. The zero-order valence-electron chi connectivity index (χ0n) is 50.0. The molecule has 462 valence electrons. The monoisotopic (exact) mass is 1160 g/mol. The molecule has 0 amide bonds. The van der Waals surface area contributed by atoms with Crippen LogP contribution in [0.3, 0.4) is 0 Å². The van der Waals surface area contributed by atoms with Gasteiger partial charge in [0.1, 0.15) is 19.3 Å². The van der Waals surface area contributed by atoms with Gasteiger partial charge in [-0.05, 0) is 37.5 Å². The molecule has 2 unspecified atom stereocenters. The third kappa shape index (κ3) is 53.4. The van der Waals surface area contributed by atoms with Gasteiger partial charge in [0.15, 0.2) is 12.2 Å². The van der Waals surface area contributed by atoms with Crippen LogP contribution in [0.15, 0.2) is 0 Å². The van der Waals surface area contributed by atoms with Gasteiger partial charge in [-0.1, -0.05) is 234 Å². The standard InChI is InChI=1S/C59H114O17P2/c1-7-9-11-13-14-17-25-31-37-43-58(63)75-54(47-69-56(61)41-35-27-12-10-8-2)49-73-77(65,66)71-45-53(60)46-72-78(67,68)74-50-55(48-70-57(62)42-36-30-24-21-20-23-29-34-40-52(5)6)76-59(64)44-38-32-26-19-16-15-18-22-28-33-39-51(3)4/h51-55,60H,7-50H2,1-6H3,(H,65,66)(H,67,68)/t53-,54+,55+/m0/s1. The first-order chi connectivity index (χ1) is 37.4. The summed E-state index contributed by atoms with van der Waals surface area (Å²) in [6, 6.07) is 0. The van der Waals surface area contributed by atoms with Gasteiger partial charge in [-0.25, -0.2) is 9.13 Å². The lowest BCUT2D eigenvalue weighted by molar-refractivity contribution is -0.161. The quantitative estimate of drug-likeness (QED) is 0.0222. The maximum atomic E-state index is 12.9. The molecule has 0 aromatic heterocycles. The van der Waals surface area contributed by atoms with E-state index >= 15 is 0 Å². The van der Waals surface area contributed by atoms with Crippen molar-refractivity contribution in [2.45, 2.75) is 304 Å². The van der Waals surface area contributed by atoms with Crippen LogP contribution in [0.2, 0.25) is 0 Å². The Kier molecular flexibility index (Phi) is 50.6. The van der Waals surface area contributed by atoms with Crippen LogP contribution in [0.5, 0.6) is 0 Å². The molecule has 0 rings (SSSR count). The summed E-state index contributed by atoms with van der Waals surface area (Å²) in [6.45, 7) is 9.30. The van der Waals surface area contributed by atoms with Gasteiger partial charge < -0.3 is 33.8 Å². The molecule has 0 bridgehead atoms. The Morgan fingerprint density at radius 3 is 0.872 bits per heavy atom. The Labute approximate surface area is 473 Å². The minimum atomic E-state index is -4.94. The summed E-state index contributed by atoms with van der Waals surface area (Å²) in [6.07, 6.45) is 32.5. The van der Waals surface area contributed by atoms with E-state index < -0.39 is 97.5 Å². The zero-order valence-corrected chi connectivity index (χ0v) is 51.7. The average Bonchev–Trinajstić information content (AvgIpc) is 3.39. The van der Waals surface area contributed by atoms with Crippen LogP contribution in [0.1, 0.15) is 286 Å². The lowest BCUT2D eigenvalue weighted by atomic mass is 10.0. The highest BCUT2D eigenvalue weighted by Crippen LogP contribution is 2.45. The van der Waals surface area contributed by atoms with E-state index in [1.54, 1.807) is 0 Å². The third-order valence-electron chi connectivity index (χ3n) is 13.5. The van der Waals surface area contributed by atoms with Crippen molar-refractivity contribution in [2.75, 3.05) is 39.6 Å². The van der Waals surface area contributed by atoms with E-state index in [1.165, 1.54) is 96.3 Å². The molecule has 0 aliphatic heterocycles. The van der Waals surface area contributed by atoms with E-state index in [1.807, 2.05) is 0 Å². The number of aliphatic hydroxyl groups is 1. The highest BCUT2D eigenvalue weighted by molar-refractivity contribution is 7.47. The molecule has 0 saturated carbocycles. The molecule has 0 heterocycles. The lowest BCUT2D eigenvalue weighted by Crippen LogP contribution is -2.30. The average molecular weight is 1160 g/mol.